The number of amides is 1. The lowest BCUT2D eigenvalue weighted by Gasteiger charge is -2.49. The first-order chi connectivity index (χ1) is 16.5. The van der Waals surface area contributed by atoms with Crippen molar-refractivity contribution in [3.63, 3.8) is 0 Å². The number of thioether (sulfide) groups is 4. The van der Waals surface area contributed by atoms with Crippen LogP contribution in [0.5, 0.6) is 0 Å². The van der Waals surface area contributed by atoms with Crippen molar-refractivity contribution in [1.82, 2.24) is 9.88 Å². The molecule has 3 saturated heterocycles. The fourth-order valence-corrected chi connectivity index (χ4v) is 12.2. The normalized spacial score (nSPS) is 28.7. The second-order valence-electron chi connectivity index (χ2n) is 9.01. The Labute approximate surface area is 215 Å². The maximum atomic E-state index is 14.1. The Kier molecular flexibility index (Phi) is 6.15. The molecule has 6 rings (SSSR count). The average Bonchev–Trinajstić information content (AvgIpc) is 3.63. The number of aromatic nitrogens is 1. The van der Waals surface area contributed by atoms with Gasteiger partial charge >= 0.3 is 5.97 Å². The molecule has 0 aliphatic carbocycles. The maximum absolute atomic E-state index is 14.1. The summed E-state index contributed by atoms with van der Waals surface area (Å²) in [5, 5.41) is 1.20. The molecule has 1 aromatic carbocycles. The molecule has 180 valence electrons. The van der Waals surface area contributed by atoms with Crippen molar-refractivity contribution < 1.29 is 19.1 Å². The lowest BCUT2D eigenvalue weighted by atomic mass is 9.74. The largest absolute Gasteiger partial charge is 0.467 e. The number of rotatable bonds is 4. The minimum Gasteiger partial charge on any atom is -0.467 e. The Morgan fingerprint density at radius 3 is 2.59 bits per heavy atom. The molecule has 4 aliphatic rings. The van der Waals surface area contributed by atoms with Crippen molar-refractivity contribution in [3.8, 4) is 0 Å². The number of fused-ring (bicyclic) bond motifs is 5. The van der Waals surface area contributed by atoms with E-state index < -0.39 is 15.9 Å². The van der Waals surface area contributed by atoms with E-state index in [0.29, 0.717) is 13.0 Å². The highest BCUT2D eigenvalue weighted by Gasteiger charge is 2.61. The van der Waals surface area contributed by atoms with Gasteiger partial charge in [0.2, 0.25) is 5.91 Å². The Morgan fingerprint density at radius 2 is 1.85 bits per heavy atom. The van der Waals surface area contributed by atoms with Gasteiger partial charge in [0.1, 0.15) is 10.5 Å². The van der Waals surface area contributed by atoms with Crippen molar-refractivity contribution in [2.45, 2.75) is 27.5 Å². The van der Waals surface area contributed by atoms with Gasteiger partial charge in [0.05, 0.1) is 13.2 Å². The third-order valence-corrected chi connectivity index (χ3v) is 14.0. The lowest BCUT2D eigenvalue weighted by Crippen LogP contribution is -2.58. The number of aromatic amines is 1. The van der Waals surface area contributed by atoms with Crippen molar-refractivity contribution >= 4 is 75.6 Å². The van der Waals surface area contributed by atoms with E-state index in [4.69, 9.17) is 4.74 Å². The number of nitrogens with one attached hydrogen (secondary N) is 1. The van der Waals surface area contributed by atoms with Gasteiger partial charge in [-0.2, -0.15) is 0 Å². The standard InChI is InChI=1S/C24H26N2O4S4/c1-30-23(29)24(33-10-11-34-24)15-12-17-19-14(13-4-2-3-5-16(13)25-19)6-7-26(17)21(28)18(15)20(27)22-31-8-9-32-22/h2-5,15,17-18,22,25H,6-12H2,1H3/t15-,17+,18-/m0/s1. The number of esters is 1. The number of ketones is 1. The Balaban J connectivity index is 1.46. The van der Waals surface area contributed by atoms with Gasteiger partial charge in [-0.25, -0.2) is 4.79 Å². The van der Waals surface area contributed by atoms with Gasteiger partial charge in [-0.1, -0.05) is 18.2 Å². The number of para-hydroxylation sites is 1. The highest BCUT2D eigenvalue weighted by atomic mass is 32.2. The molecule has 0 saturated carbocycles. The molecule has 10 heteroatoms. The van der Waals surface area contributed by atoms with Crippen LogP contribution in [0.2, 0.25) is 0 Å². The van der Waals surface area contributed by atoms with Crippen molar-refractivity contribution in [2.24, 2.45) is 11.8 Å². The number of carbonyl (C=O) groups is 3. The van der Waals surface area contributed by atoms with Crippen LogP contribution >= 0.6 is 47.0 Å². The molecule has 0 radical (unpaired) electrons. The molecule has 3 atom stereocenters. The van der Waals surface area contributed by atoms with E-state index in [0.717, 1.165) is 40.6 Å². The maximum Gasteiger partial charge on any atom is 0.332 e. The number of ether oxygens (including phenoxy) is 1. The van der Waals surface area contributed by atoms with E-state index >= 15 is 0 Å². The molecule has 2 aromatic rings. The van der Waals surface area contributed by atoms with Gasteiger partial charge in [-0.3, -0.25) is 9.59 Å². The first-order valence-electron chi connectivity index (χ1n) is 11.6. The number of benzene rings is 1. The summed E-state index contributed by atoms with van der Waals surface area (Å²) in [6.45, 7) is 0.602. The predicted molar refractivity (Wildman–Crippen MR) is 141 cm³/mol. The molecule has 1 amide bonds. The van der Waals surface area contributed by atoms with Gasteiger partial charge in [-0.15, -0.1) is 47.0 Å². The summed E-state index contributed by atoms with van der Waals surface area (Å²) in [7, 11) is 1.41. The first kappa shape index (κ1) is 23.2. The number of nitrogens with zero attached hydrogens (tertiary/aromatic N) is 1. The molecule has 34 heavy (non-hydrogen) atoms. The molecule has 4 aliphatic heterocycles. The Bertz CT molecular complexity index is 1160. The Morgan fingerprint density at radius 1 is 1.12 bits per heavy atom. The second kappa shape index (κ2) is 9.01. The number of hydrogen-bond donors (Lipinski definition) is 1. The zero-order valence-corrected chi connectivity index (χ0v) is 22.0. The Hall–Kier alpha value is -1.23. The van der Waals surface area contributed by atoms with Crippen molar-refractivity contribution in [1.29, 1.82) is 0 Å². The predicted octanol–water partition coefficient (Wildman–Crippen LogP) is 3.95. The topological polar surface area (TPSA) is 79.5 Å². The van der Waals surface area contributed by atoms with Crippen LogP contribution in [0.25, 0.3) is 10.9 Å². The third-order valence-electron chi connectivity index (χ3n) is 7.42. The zero-order chi connectivity index (χ0) is 23.4. The van der Waals surface area contributed by atoms with Crippen molar-refractivity contribution in [3.05, 3.63) is 35.5 Å². The average molecular weight is 535 g/mol. The zero-order valence-electron chi connectivity index (χ0n) is 18.8. The van der Waals surface area contributed by atoms with E-state index in [9.17, 15) is 14.4 Å². The first-order valence-corrected chi connectivity index (χ1v) is 15.6. The van der Waals surface area contributed by atoms with E-state index in [1.807, 2.05) is 17.0 Å². The van der Waals surface area contributed by atoms with Crippen LogP contribution < -0.4 is 0 Å². The molecular weight excluding hydrogens is 509 g/mol. The van der Waals surface area contributed by atoms with Gasteiger partial charge in [0.25, 0.3) is 0 Å². The van der Waals surface area contributed by atoms with Crippen molar-refractivity contribution in [2.75, 3.05) is 36.7 Å². The summed E-state index contributed by atoms with van der Waals surface area (Å²) < 4.78 is 4.15. The van der Waals surface area contributed by atoms with E-state index in [1.165, 1.54) is 18.1 Å². The molecule has 1 N–H and O–H groups in total. The highest BCUT2D eigenvalue weighted by molar-refractivity contribution is 8.22. The fourth-order valence-electron chi connectivity index (χ4n) is 5.97. The molecule has 5 heterocycles. The summed E-state index contributed by atoms with van der Waals surface area (Å²) in [4.78, 5) is 46.7. The van der Waals surface area contributed by atoms with Gasteiger partial charge in [-0.05, 0) is 24.5 Å². The highest BCUT2D eigenvalue weighted by Crippen LogP contribution is 2.58. The summed E-state index contributed by atoms with van der Waals surface area (Å²) in [5.41, 5.74) is 3.39. The summed E-state index contributed by atoms with van der Waals surface area (Å²) in [5.74, 6) is 1.81. The van der Waals surface area contributed by atoms with E-state index in [2.05, 4.69) is 17.1 Å². The SMILES string of the molecule is COC(=O)C1([C@H]2C[C@@H]3c4[nH]c5ccccc5c4CCN3C(=O)[C@@H]2C(=O)C2SCCS2)SCCS1. The van der Waals surface area contributed by atoms with E-state index in [1.54, 1.807) is 47.0 Å². The summed E-state index contributed by atoms with van der Waals surface area (Å²) in [6, 6.07) is 8.09. The number of H-pyrrole nitrogens is 1. The smallest absolute Gasteiger partial charge is 0.332 e. The molecule has 3 fully saturated rings. The summed E-state index contributed by atoms with van der Waals surface area (Å²) >= 11 is 6.39. The monoisotopic (exact) mass is 534 g/mol. The quantitative estimate of drug-likeness (QED) is 0.467. The number of methoxy groups -OCH3 is 1. The van der Waals surface area contributed by atoms with Crippen LogP contribution in [0.3, 0.4) is 0 Å². The minimum absolute atomic E-state index is 0.0141. The summed E-state index contributed by atoms with van der Waals surface area (Å²) in [6.07, 6.45) is 1.35. The van der Waals surface area contributed by atoms with E-state index in [-0.39, 0.29) is 28.3 Å². The van der Waals surface area contributed by atoms with Gasteiger partial charge in [0.15, 0.2) is 9.86 Å². The molecule has 0 spiro atoms. The number of hydrogen-bond acceptors (Lipinski definition) is 8. The van der Waals surface area contributed by atoms with Crippen LogP contribution in [0, 0.1) is 11.8 Å². The van der Waals surface area contributed by atoms with Gasteiger partial charge in [0, 0.05) is 52.1 Å². The fraction of sp³-hybridized carbons (Fsp3) is 0.542. The molecule has 0 unspecified atom stereocenters. The van der Waals surface area contributed by atoms with Gasteiger partial charge < -0.3 is 14.6 Å². The molecule has 0 bridgehead atoms. The third kappa shape index (κ3) is 3.46. The second-order valence-corrected chi connectivity index (χ2v) is 14.7. The van der Waals surface area contributed by atoms with Crippen LogP contribution in [0.15, 0.2) is 24.3 Å². The van der Waals surface area contributed by atoms with Crippen LogP contribution in [-0.4, -0.2) is 72.9 Å². The van der Waals surface area contributed by atoms with Crippen LogP contribution in [-0.2, 0) is 25.5 Å². The molecule has 1 aromatic heterocycles. The van der Waals surface area contributed by atoms with Crippen LogP contribution in [0.4, 0.5) is 0 Å². The lowest BCUT2D eigenvalue weighted by molar-refractivity contribution is -0.154. The number of carbonyl (C=O) groups excluding carboxylic acids is 3. The van der Waals surface area contributed by atoms with Crippen LogP contribution in [0.1, 0.15) is 23.7 Å². The molecule has 6 nitrogen and oxygen atoms in total. The molecular formula is C24H26N2O4S4. The number of Topliss-reactive ketones (excluding diaryl/α,β-unsaturated/α-hetero) is 1. The minimum atomic E-state index is -0.922. The number of piperidine rings is 1.